The lowest BCUT2D eigenvalue weighted by Gasteiger charge is -2.43. The molecule has 0 unspecified atom stereocenters. The lowest BCUT2D eigenvalue weighted by atomic mass is 9.97. The number of β-lactam (4-membered cyclic amide) rings is 1. The monoisotopic (exact) mass is 297 g/mol. The van der Waals surface area contributed by atoms with Crippen molar-refractivity contribution in [2.75, 3.05) is 12.0 Å². The van der Waals surface area contributed by atoms with Crippen molar-refractivity contribution in [3.05, 3.63) is 54.6 Å². The maximum Gasteiger partial charge on any atom is 0.271 e. The van der Waals surface area contributed by atoms with E-state index in [0.29, 0.717) is 17.2 Å². The van der Waals surface area contributed by atoms with Gasteiger partial charge in [0, 0.05) is 5.69 Å². The van der Waals surface area contributed by atoms with Gasteiger partial charge in [-0.25, -0.2) is 0 Å². The summed E-state index contributed by atoms with van der Waals surface area (Å²) in [6.07, 6.45) is -0.0406. The Kier molecular flexibility index (Phi) is 3.78. The molecule has 1 fully saturated rings. The van der Waals surface area contributed by atoms with Crippen LogP contribution in [0.1, 0.15) is 0 Å². The summed E-state index contributed by atoms with van der Waals surface area (Å²) >= 11 is 0. The molecule has 22 heavy (non-hydrogen) atoms. The minimum absolute atomic E-state index is 0.230. The van der Waals surface area contributed by atoms with Gasteiger partial charge in [0.2, 0.25) is 6.10 Å². The highest BCUT2D eigenvalue weighted by Crippen LogP contribution is 2.31. The molecule has 0 aliphatic carbocycles. The number of aldehydes is 1. The number of nitrogens with zero attached hydrogens (tertiary/aromatic N) is 1. The molecule has 3 rings (SSSR count). The molecule has 0 bridgehead atoms. The molecular weight excluding hydrogens is 282 g/mol. The zero-order valence-corrected chi connectivity index (χ0v) is 12.0. The zero-order chi connectivity index (χ0) is 15.5. The van der Waals surface area contributed by atoms with Gasteiger partial charge in [-0.05, 0) is 36.4 Å². The molecule has 1 aliphatic heterocycles. The normalized spacial score (nSPS) is 20.2. The molecule has 2 aromatic carbocycles. The van der Waals surface area contributed by atoms with Crippen LogP contribution in [0, 0.1) is 0 Å². The van der Waals surface area contributed by atoms with Crippen LogP contribution in [-0.2, 0) is 9.59 Å². The minimum Gasteiger partial charge on any atom is -0.497 e. The van der Waals surface area contributed by atoms with Gasteiger partial charge in [-0.1, -0.05) is 18.2 Å². The molecule has 0 aromatic heterocycles. The predicted octanol–water partition coefficient (Wildman–Crippen LogP) is 2.06. The predicted molar refractivity (Wildman–Crippen MR) is 81.2 cm³/mol. The first-order valence-corrected chi connectivity index (χ1v) is 6.88. The van der Waals surface area contributed by atoms with Crippen molar-refractivity contribution in [3.8, 4) is 11.5 Å². The molecular formula is C17H15NO4. The lowest BCUT2D eigenvalue weighted by molar-refractivity contribution is -0.138. The van der Waals surface area contributed by atoms with Gasteiger partial charge in [0.25, 0.3) is 5.91 Å². The van der Waals surface area contributed by atoms with Gasteiger partial charge in [-0.2, -0.15) is 0 Å². The van der Waals surface area contributed by atoms with Crippen molar-refractivity contribution in [2.24, 2.45) is 0 Å². The summed E-state index contributed by atoms with van der Waals surface area (Å²) in [7, 11) is 1.57. The average molecular weight is 297 g/mol. The Balaban J connectivity index is 1.77. The van der Waals surface area contributed by atoms with Crippen LogP contribution in [-0.4, -0.2) is 31.4 Å². The van der Waals surface area contributed by atoms with Crippen LogP contribution in [0.3, 0.4) is 0 Å². The number of para-hydroxylation sites is 1. The second-order valence-electron chi connectivity index (χ2n) is 4.88. The standard InChI is InChI=1S/C17H15NO4/c1-21-13-9-7-12(8-10-13)18-15(11-19)16(17(18)20)22-14-5-3-2-4-6-14/h2-11,15-16H,1H3/t15-,16+/m1/s1. The van der Waals surface area contributed by atoms with Crippen LogP contribution >= 0.6 is 0 Å². The summed E-state index contributed by atoms with van der Waals surface area (Å²) in [5, 5.41) is 0. The van der Waals surface area contributed by atoms with Crippen molar-refractivity contribution in [3.63, 3.8) is 0 Å². The Bertz CT molecular complexity index is 669. The lowest BCUT2D eigenvalue weighted by Crippen LogP contribution is -2.68. The molecule has 1 aliphatic rings. The van der Waals surface area contributed by atoms with E-state index in [1.807, 2.05) is 18.2 Å². The zero-order valence-electron chi connectivity index (χ0n) is 12.0. The van der Waals surface area contributed by atoms with E-state index in [-0.39, 0.29) is 5.91 Å². The summed E-state index contributed by atoms with van der Waals surface area (Å²) in [5.74, 6) is 1.03. The summed E-state index contributed by atoms with van der Waals surface area (Å²) in [5.41, 5.74) is 0.649. The third-order valence-electron chi connectivity index (χ3n) is 3.59. The number of methoxy groups -OCH3 is 1. The minimum atomic E-state index is -0.776. The van der Waals surface area contributed by atoms with Gasteiger partial charge in [0.05, 0.1) is 7.11 Å². The second-order valence-corrected chi connectivity index (χ2v) is 4.88. The van der Waals surface area contributed by atoms with Gasteiger partial charge in [-0.15, -0.1) is 0 Å². The number of carbonyl (C=O) groups is 2. The molecule has 2 atom stereocenters. The molecule has 1 heterocycles. The molecule has 0 radical (unpaired) electrons. The Morgan fingerprint density at radius 1 is 1.00 bits per heavy atom. The van der Waals surface area contributed by atoms with E-state index in [0.717, 1.165) is 6.29 Å². The fourth-order valence-electron chi connectivity index (χ4n) is 2.42. The molecule has 5 heteroatoms. The highest BCUT2D eigenvalue weighted by atomic mass is 16.5. The van der Waals surface area contributed by atoms with Gasteiger partial charge in [-0.3, -0.25) is 9.69 Å². The van der Waals surface area contributed by atoms with Crippen molar-refractivity contribution in [1.29, 1.82) is 0 Å². The molecule has 0 saturated carbocycles. The Hall–Kier alpha value is -2.82. The third kappa shape index (κ3) is 2.41. The molecule has 2 aromatic rings. The van der Waals surface area contributed by atoms with Gasteiger partial charge in [0.1, 0.15) is 23.8 Å². The number of ether oxygens (including phenoxy) is 2. The molecule has 112 valence electrons. The summed E-state index contributed by atoms with van der Waals surface area (Å²) in [4.78, 5) is 25.1. The Labute approximate surface area is 128 Å². The van der Waals surface area contributed by atoms with Crippen LogP contribution in [0.4, 0.5) is 5.69 Å². The maximum absolute atomic E-state index is 12.3. The van der Waals surface area contributed by atoms with E-state index < -0.39 is 12.1 Å². The van der Waals surface area contributed by atoms with E-state index in [1.54, 1.807) is 43.5 Å². The fraction of sp³-hybridized carbons (Fsp3) is 0.176. The highest BCUT2D eigenvalue weighted by Gasteiger charge is 2.50. The molecule has 0 spiro atoms. The third-order valence-corrected chi connectivity index (χ3v) is 3.59. The SMILES string of the molecule is COc1ccc(N2C(=O)[C@@H](Oc3ccccc3)[C@H]2C=O)cc1. The highest BCUT2D eigenvalue weighted by molar-refractivity contribution is 6.10. The van der Waals surface area contributed by atoms with Crippen molar-refractivity contribution >= 4 is 17.9 Å². The topological polar surface area (TPSA) is 55.8 Å². The molecule has 1 saturated heterocycles. The van der Waals surface area contributed by atoms with E-state index in [9.17, 15) is 9.59 Å². The molecule has 1 amide bonds. The van der Waals surface area contributed by atoms with Crippen molar-refractivity contribution < 1.29 is 19.1 Å². The number of benzene rings is 2. The number of hydrogen-bond donors (Lipinski definition) is 0. The fourth-order valence-corrected chi connectivity index (χ4v) is 2.42. The summed E-state index contributed by atoms with van der Waals surface area (Å²) in [6.45, 7) is 0. The van der Waals surface area contributed by atoms with Crippen LogP contribution < -0.4 is 14.4 Å². The first-order chi connectivity index (χ1) is 10.7. The maximum atomic E-state index is 12.3. The Morgan fingerprint density at radius 2 is 1.68 bits per heavy atom. The first-order valence-electron chi connectivity index (χ1n) is 6.88. The summed E-state index contributed by atoms with van der Waals surface area (Å²) < 4.78 is 10.7. The van der Waals surface area contributed by atoms with Crippen LogP contribution in [0.2, 0.25) is 0 Å². The smallest absolute Gasteiger partial charge is 0.271 e. The van der Waals surface area contributed by atoms with E-state index >= 15 is 0 Å². The number of amides is 1. The molecule has 0 N–H and O–H groups in total. The first kappa shape index (κ1) is 14.1. The van der Waals surface area contributed by atoms with Crippen LogP contribution in [0.15, 0.2) is 54.6 Å². The van der Waals surface area contributed by atoms with E-state index in [4.69, 9.17) is 9.47 Å². The number of rotatable bonds is 5. The van der Waals surface area contributed by atoms with Crippen molar-refractivity contribution in [2.45, 2.75) is 12.1 Å². The largest absolute Gasteiger partial charge is 0.497 e. The van der Waals surface area contributed by atoms with E-state index in [1.165, 1.54) is 4.90 Å². The van der Waals surface area contributed by atoms with Gasteiger partial charge in [0.15, 0.2) is 0 Å². The van der Waals surface area contributed by atoms with Crippen LogP contribution in [0.25, 0.3) is 0 Å². The van der Waals surface area contributed by atoms with Gasteiger partial charge < -0.3 is 14.3 Å². The Morgan fingerprint density at radius 3 is 2.27 bits per heavy atom. The summed E-state index contributed by atoms with van der Waals surface area (Å²) in [6, 6.07) is 15.3. The number of hydrogen-bond acceptors (Lipinski definition) is 4. The average Bonchev–Trinajstić information content (AvgIpc) is 2.58. The van der Waals surface area contributed by atoms with Crippen molar-refractivity contribution in [1.82, 2.24) is 0 Å². The molecule has 5 nitrogen and oxygen atoms in total. The number of carbonyl (C=O) groups excluding carboxylic acids is 2. The second kappa shape index (κ2) is 5.89. The van der Waals surface area contributed by atoms with Crippen LogP contribution in [0.5, 0.6) is 11.5 Å². The van der Waals surface area contributed by atoms with Gasteiger partial charge >= 0.3 is 0 Å². The number of anilines is 1. The van der Waals surface area contributed by atoms with E-state index in [2.05, 4.69) is 0 Å². The quantitative estimate of drug-likeness (QED) is 0.626.